The van der Waals surface area contributed by atoms with Crippen LogP contribution < -0.4 is 0 Å². The van der Waals surface area contributed by atoms with E-state index in [-0.39, 0.29) is 21.0 Å². The highest BCUT2D eigenvalue weighted by Crippen LogP contribution is 2.37. The monoisotopic (exact) mass is 370 g/mol. The molecule has 0 fully saturated rings. The van der Waals surface area contributed by atoms with Crippen LogP contribution in [0, 0.1) is 0 Å². The van der Waals surface area contributed by atoms with Crippen LogP contribution in [0.3, 0.4) is 0 Å². The van der Waals surface area contributed by atoms with Crippen molar-refractivity contribution in [1.82, 2.24) is 4.98 Å². The van der Waals surface area contributed by atoms with Crippen molar-refractivity contribution in [2.45, 2.75) is 0 Å². The van der Waals surface area contributed by atoms with Crippen LogP contribution >= 0.6 is 43.6 Å². The minimum absolute atomic E-state index is 0.0990. The van der Waals surface area contributed by atoms with Gasteiger partial charge in [0.1, 0.15) is 5.69 Å². The quantitative estimate of drug-likeness (QED) is 0.641. The summed E-state index contributed by atoms with van der Waals surface area (Å²) >= 11 is 2.22. The van der Waals surface area contributed by atoms with E-state index in [2.05, 4.69) is 34.8 Å². The lowest BCUT2D eigenvalue weighted by Gasteiger charge is -2.04. The van der Waals surface area contributed by atoms with E-state index in [0.29, 0.717) is 0 Å². The minimum atomic E-state index is -0.0990. The topological polar surface area (TPSA) is 25.2 Å². The Hall–Kier alpha value is 0.150. The molecule has 0 amide bonds. The van der Waals surface area contributed by atoms with Crippen molar-refractivity contribution in [2.24, 2.45) is 3.15 Å². The van der Waals surface area contributed by atoms with Gasteiger partial charge in [-0.25, -0.2) is 3.15 Å². The summed E-state index contributed by atoms with van der Waals surface area (Å²) in [6, 6.07) is 3.95. The second-order valence-electron chi connectivity index (χ2n) is 2.01. The summed E-state index contributed by atoms with van der Waals surface area (Å²) in [7, 11) is 0. The van der Waals surface area contributed by atoms with E-state index in [0.717, 1.165) is 11.4 Å². The van der Waals surface area contributed by atoms with Crippen molar-refractivity contribution >= 4 is 52.9 Å². The number of nitrogens with zero attached hydrogens (tertiary/aromatic N) is 2. The summed E-state index contributed by atoms with van der Waals surface area (Å²) in [6.45, 7) is 0. The van der Waals surface area contributed by atoms with Crippen molar-refractivity contribution < 1.29 is 0 Å². The van der Waals surface area contributed by atoms with Crippen LogP contribution in [-0.2, 0) is 0 Å². The van der Waals surface area contributed by atoms with Gasteiger partial charge in [-0.3, -0.25) is 4.98 Å². The second kappa shape index (κ2) is 3.26. The molecule has 2 heterocycles. The standard InChI is InChI=1S/C7H4I2N2/c8-5-4-9-11-6-2-1-3-10-7(5)6/h1-4H. The Labute approximate surface area is 88.4 Å². The molecule has 1 aliphatic rings. The van der Waals surface area contributed by atoms with E-state index in [4.69, 9.17) is 0 Å². The van der Waals surface area contributed by atoms with Crippen LogP contribution in [-0.4, -0.2) is 4.98 Å². The third kappa shape index (κ3) is 1.51. The zero-order valence-electron chi connectivity index (χ0n) is 5.46. The normalized spacial score (nSPS) is 14.8. The van der Waals surface area contributed by atoms with Gasteiger partial charge in [-0.05, 0) is 34.7 Å². The molecule has 0 radical (unpaired) electrons. The van der Waals surface area contributed by atoms with Crippen molar-refractivity contribution in [3.05, 3.63) is 28.1 Å². The summed E-state index contributed by atoms with van der Waals surface area (Å²) in [5, 5.41) is 0. The van der Waals surface area contributed by atoms with E-state index in [1.165, 1.54) is 3.58 Å². The summed E-state index contributed by atoms with van der Waals surface area (Å²) in [5.74, 6) is 0. The van der Waals surface area contributed by atoms with Crippen LogP contribution in [0.15, 0.2) is 25.6 Å². The molecule has 2 rings (SSSR count). The molecule has 0 saturated carbocycles. The van der Waals surface area contributed by atoms with Gasteiger partial charge in [0.2, 0.25) is 0 Å². The average Bonchev–Trinajstić information content (AvgIpc) is 2.06. The molecule has 56 valence electrons. The molecule has 1 aromatic rings. The van der Waals surface area contributed by atoms with Gasteiger partial charge in [-0.15, -0.1) is 0 Å². The Balaban J connectivity index is 2.67. The number of aromatic nitrogens is 1. The smallest absolute Gasteiger partial charge is 0.103 e. The first kappa shape index (κ1) is 7.78. The van der Waals surface area contributed by atoms with Gasteiger partial charge >= 0.3 is 0 Å². The lowest BCUT2D eigenvalue weighted by atomic mass is 10.3. The van der Waals surface area contributed by atoms with E-state index < -0.39 is 0 Å². The molecule has 0 bridgehead atoms. The van der Waals surface area contributed by atoms with E-state index in [1.807, 2.05) is 18.3 Å². The second-order valence-corrected chi connectivity index (χ2v) is 4.83. The first-order valence-electron chi connectivity index (χ1n) is 3.03. The SMILES string of the molecule is IC1=CI=Nc2cccnc21. The maximum Gasteiger partial charge on any atom is 0.103 e. The maximum absolute atomic E-state index is 4.41. The van der Waals surface area contributed by atoms with Crippen molar-refractivity contribution in [1.29, 1.82) is 0 Å². The molecule has 4 heteroatoms. The zero-order valence-corrected chi connectivity index (χ0v) is 9.77. The van der Waals surface area contributed by atoms with Crippen LogP contribution in [0.1, 0.15) is 5.69 Å². The molecular formula is C7H4I2N2. The molecule has 0 N–H and O–H groups in total. The van der Waals surface area contributed by atoms with Crippen LogP contribution in [0.25, 0.3) is 3.58 Å². The number of fused-ring (bicyclic) bond motifs is 1. The highest BCUT2D eigenvalue weighted by atomic mass is 127. The predicted molar refractivity (Wildman–Crippen MR) is 62.3 cm³/mol. The summed E-state index contributed by atoms with van der Waals surface area (Å²) in [4.78, 5) is 4.25. The van der Waals surface area contributed by atoms with Crippen LogP contribution in [0.4, 0.5) is 5.69 Å². The number of rotatable bonds is 0. The average molecular weight is 370 g/mol. The van der Waals surface area contributed by atoms with Crippen molar-refractivity contribution in [3.63, 3.8) is 0 Å². The zero-order chi connectivity index (χ0) is 7.68. The fraction of sp³-hybridized carbons (Fsp3) is 0. The number of hydrogen-bond donors (Lipinski definition) is 0. The Morgan fingerprint density at radius 3 is 3.18 bits per heavy atom. The number of pyridine rings is 1. The summed E-state index contributed by atoms with van der Waals surface area (Å²) in [6.07, 6.45) is 1.81. The first-order chi connectivity index (χ1) is 5.38. The van der Waals surface area contributed by atoms with E-state index in [1.54, 1.807) is 0 Å². The van der Waals surface area contributed by atoms with E-state index in [9.17, 15) is 0 Å². The fourth-order valence-electron chi connectivity index (χ4n) is 0.821. The third-order valence-corrected chi connectivity index (χ3v) is 5.01. The summed E-state index contributed by atoms with van der Waals surface area (Å²) < 4.78 is 7.85. The molecule has 11 heavy (non-hydrogen) atoms. The van der Waals surface area contributed by atoms with Crippen LogP contribution in [0.2, 0.25) is 0 Å². The van der Waals surface area contributed by atoms with Crippen molar-refractivity contribution in [3.8, 4) is 0 Å². The molecule has 0 aromatic carbocycles. The van der Waals surface area contributed by atoms with Crippen molar-refractivity contribution in [2.75, 3.05) is 0 Å². The minimum Gasteiger partial charge on any atom is -0.253 e. The molecule has 1 aliphatic heterocycles. The lowest BCUT2D eigenvalue weighted by molar-refractivity contribution is 1.28. The molecule has 2 nitrogen and oxygen atoms in total. The maximum atomic E-state index is 4.41. The highest BCUT2D eigenvalue weighted by Gasteiger charge is 2.07. The Bertz CT molecular complexity index is 344. The van der Waals surface area contributed by atoms with Gasteiger partial charge in [-0.1, -0.05) is 0 Å². The first-order valence-corrected chi connectivity index (χ1v) is 6.31. The van der Waals surface area contributed by atoms with Crippen LogP contribution in [0.5, 0.6) is 0 Å². The molecule has 0 spiro atoms. The lowest BCUT2D eigenvalue weighted by Crippen LogP contribution is -1.83. The Morgan fingerprint density at radius 2 is 2.36 bits per heavy atom. The largest absolute Gasteiger partial charge is 0.253 e. The number of halogens is 2. The number of hydrogen-bond acceptors (Lipinski definition) is 2. The third-order valence-electron chi connectivity index (χ3n) is 1.30. The molecule has 1 aromatic heterocycles. The molecular weight excluding hydrogens is 366 g/mol. The highest BCUT2D eigenvalue weighted by molar-refractivity contribution is 14.2. The predicted octanol–water partition coefficient (Wildman–Crippen LogP) is 3.61. The van der Waals surface area contributed by atoms with Gasteiger partial charge in [0.25, 0.3) is 0 Å². The molecule has 0 unspecified atom stereocenters. The molecule has 0 aliphatic carbocycles. The van der Waals surface area contributed by atoms with Gasteiger partial charge in [0.15, 0.2) is 0 Å². The Kier molecular flexibility index (Phi) is 2.30. The summed E-state index contributed by atoms with van der Waals surface area (Å²) in [5.41, 5.74) is 2.10. The van der Waals surface area contributed by atoms with Gasteiger partial charge in [0.05, 0.1) is 5.69 Å². The van der Waals surface area contributed by atoms with Gasteiger partial charge < -0.3 is 0 Å². The Morgan fingerprint density at radius 1 is 1.45 bits per heavy atom. The fourth-order valence-corrected chi connectivity index (χ4v) is 3.31. The molecule has 0 atom stereocenters. The molecule has 0 saturated heterocycles. The van der Waals surface area contributed by atoms with E-state index >= 15 is 0 Å². The van der Waals surface area contributed by atoms with Gasteiger partial charge in [-0.2, -0.15) is 0 Å². The van der Waals surface area contributed by atoms with Gasteiger partial charge in [0, 0.05) is 34.9 Å².